The third-order valence-electron chi connectivity index (χ3n) is 0.408. The first-order valence-corrected chi connectivity index (χ1v) is 6.16. The molecule has 0 radical (unpaired) electrons. The summed E-state index contributed by atoms with van der Waals surface area (Å²) in [5.41, 5.74) is 0. The van der Waals surface area contributed by atoms with Gasteiger partial charge in [0.2, 0.25) is 20.8 Å². The SMILES string of the molecule is CCOC(C)O.O=S(=O)([O-])O.O=S(=O)([O-])O.[Mg+2]. The van der Waals surface area contributed by atoms with Crippen molar-refractivity contribution in [1.82, 2.24) is 0 Å². The molecule has 17 heavy (non-hydrogen) atoms. The molecule has 0 saturated carbocycles. The maximum Gasteiger partial charge on any atom is 2.00 e. The smallest absolute Gasteiger partial charge is 0.726 e. The van der Waals surface area contributed by atoms with Crippen molar-refractivity contribution in [3.05, 3.63) is 0 Å². The molecule has 102 valence electrons. The Morgan fingerprint density at radius 1 is 1.12 bits per heavy atom. The van der Waals surface area contributed by atoms with Crippen LogP contribution in [-0.2, 0) is 25.5 Å². The zero-order chi connectivity index (χ0) is 14.0. The standard InChI is InChI=1S/C4H10O2.Mg.2H2O4S/c1-3-6-4(2)5;;2*1-5(2,3)4/h4-5H,3H2,1-2H3;;2*(H2,1,2,3,4)/q;+2;;/p-2. The van der Waals surface area contributed by atoms with E-state index in [1.54, 1.807) is 6.92 Å². The minimum absolute atomic E-state index is 0. The molecule has 0 rings (SSSR count). The number of hydrogen-bond donors (Lipinski definition) is 3. The molecular weight excluding hydrogens is 296 g/mol. The number of ether oxygens (including phenoxy) is 1. The Hall–Kier alpha value is 0.426. The van der Waals surface area contributed by atoms with E-state index >= 15 is 0 Å². The molecule has 0 spiro atoms. The first kappa shape index (κ1) is 26.1. The van der Waals surface area contributed by atoms with Crippen molar-refractivity contribution >= 4 is 43.9 Å². The van der Waals surface area contributed by atoms with Crippen LogP contribution in [0.15, 0.2) is 0 Å². The van der Waals surface area contributed by atoms with Crippen LogP contribution in [0.4, 0.5) is 0 Å². The Balaban J connectivity index is -0.0000000729. The van der Waals surface area contributed by atoms with E-state index in [1.807, 2.05) is 6.92 Å². The summed E-state index contributed by atoms with van der Waals surface area (Å²) in [7, 11) is -9.83. The van der Waals surface area contributed by atoms with Gasteiger partial charge in [-0.1, -0.05) is 0 Å². The third-order valence-corrected chi connectivity index (χ3v) is 0.408. The van der Waals surface area contributed by atoms with Crippen LogP contribution in [-0.4, -0.2) is 76.1 Å². The van der Waals surface area contributed by atoms with Crippen LogP contribution in [0.25, 0.3) is 0 Å². The van der Waals surface area contributed by atoms with Crippen molar-refractivity contribution in [2.45, 2.75) is 20.1 Å². The van der Waals surface area contributed by atoms with E-state index in [4.69, 9.17) is 40.2 Å². The van der Waals surface area contributed by atoms with Crippen molar-refractivity contribution in [2.24, 2.45) is 0 Å². The molecule has 0 aromatic carbocycles. The summed E-state index contributed by atoms with van der Waals surface area (Å²) < 4.78 is 70.3. The summed E-state index contributed by atoms with van der Waals surface area (Å²) in [5, 5.41) is 8.33. The van der Waals surface area contributed by atoms with Gasteiger partial charge in [0.05, 0.1) is 0 Å². The van der Waals surface area contributed by atoms with E-state index in [2.05, 4.69) is 4.74 Å². The van der Waals surface area contributed by atoms with Gasteiger partial charge in [-0.15, -0.1) is 0 Å². The molecule has 0 aliphatic carbocycles. The Morgan fingerprint density at radius 2 is 1.29 bits per heavy atom. The van der Waals surface area contributed by atoms with Crippen molar-refractivity contribution in [3.63, 3.8) is 0 Å². The zero-order valence-corrected chi connectivity index (χ0v) is 12.1. The summed E-state index contributed by atoms with van der Waals surface area (Å²) in [6, 6.07) is 0. The van der Waals surface area contributed by atoms with Gasteiger partial charge >= 0.3 is 23.1 Å². The minimum atomic E-state index is -4.92. The van der Waals surface area contributed by atoms with Crippen LogP contribution >= 0.6 is 0 Å². The number of hydrogen-bond acceptors (Lipinski definition) is 8. The second-order valence-corrected chi connectivity index (χ2v) is 3.62. The van der Waals surface area contributed by atoms with Crippen LogP contribution < -0.4 is 0 Å². The van der Waals surface area contributed by atoms with Gasteiger partial charge in [-0.05, 0) is 13.8 Å². The van der Waals surface area contributed by atoms with Gasteiger partial charge < -0.3 is 18.9 Å². The van der Waals surface area contributed by atoms with Crippen LogP contribution in [0, 0.1) is 0 Å². The van der Waals surface area contributed by atoms with E-state index in [-0.39, 0.29) is 23.1 Å². The summed E-state index contributed by atoms with van der Waals surface area (Å²) in [6.45, 7) is 4.01. The average Bonchev–Trinajstić information content (AvgIpc) is 1.76. The molecule has 0 aromatic heterocycles. The summed E-state index contributed by atoms with van der Waals surface area (Å²) in [5.74, 6) is 0. The fourth-order valence-corrected chi connectivity index (χ4v) is 0.241. The number of rotatable bonds is 2. The monoisotopic (exact) mass is 308 g/mol. The van der Waals surface area contributed by atoms with E-state index in [0.29, 0.717) is 6.61 Å². The fourth-order valence-electron chi connectivity index (χ4n) is 0.241. The maximum atomic E-state index is 8.63. The van der Waals surface area contributed by atoms with Crippen molar-refractivity contribution < 1.29 is 44.9 Å². The van der Waals surface area contributed by atoms with E-state index in [0.717, 1.165) is 0 Å². The Morgan fingerprint density at radius 3 is 1.29 bits per heavy atom. The molecule has 1 atom stereocenters. The zero-order valence-electron chi connectivity index (χ0n) is 9.01. The molecule has 13 heteroatoms. The summed E-state index contributed by atoms with van der Waals surface area (Å²) >= 11 is 0. The second-order valence-electron chi connectivity index (χ2n) is 1.91. The Kier molecular flexibility index (Phi) is 19.8. The molecule has 0 aliphatic heterocycles. The molecule has 0 fully saturated rings. The minimum Gasteiger partial charge on any atom is -0.726 e. The maximum absolute atomic E-state index is 8.63. The molecule has 0 saturated heterocycles. The van der Waals surface area contributed by atoms with Gasteiger partial charge in [-0.25, -0.2) is 16.8 Å². The molecule has 3 N–H and O–H groups in total. The van der Waals surface area contributed by atoms with Crippen LogP contribution in [0.5, 0.6) is 0 Å². The molecular formula is C4H12MgO10S2. The Labute approximate surface area is 115 Å². The fraction of sp³-hybridized carbons (Fsp3) is 1.00. The predicted molar refractivity (Wildman–Crippen MR) is 53.7 cm³/mol. The largest absolute Gasteiger partial charge is 2.00 e. The van der Waals surface area contributed by atoms with Crippen molar-refractivity contribution in [2.75, 3.05) is 6.61 Å². The van der Waals surface area contributed by atoms with Gasteiger partial charge in [0, 0.05) is 6.61 Å². The van der Waals surface area contributed by atoms with Crippen LogP contribution in [0.2, 0.25) is 0 Å². The second kappa shape index (κ2) is 12.9. The third kappa shape index (κ3) is 291. The topological polar surface area (TPSA) is 184 Å². The van der Waals surface area contributed by atoms with Gasteiger partial charge in [-0.2, -0.15) is 0 Å². The normalized spacial score (nSPS) is 11.9. The molecule has 0 amide bonds. The summed E-state index contributed by atoms with van der Waals surface area (Å²) in [4.78, 5) is 0. The summed E-state index contributed by atoms with van der Waals surface area (Å²) in [6.07, 6.45) is -0.602. The van der Waals surface area contributed by atoms with Crippen LogP contribution in [0.1, 0.15) is 13.8 Å². The molecule has 10 nitrogen and oxygen atoms in total. The molecule has 0 heterocycles. The molecule has 0 aliphatic rings. The van der Waals surface area contributed by atoms with E-state index < -0.39 is 27.1 Å². The van der Waals surface area contributed by atoms with Gasteiger partial charge in [0.25, 0.3) is 0 Å². The number of aliphatic hydroxyl groups excluding tert-OH is 1. The number of aliphatic hydroxyl groups is 1. The van der Waals surface area contributed by atoms with Gasteiger partial charge in [-0.3, -0.25) is 9.11 Å². The van der Waals surface area contributed by atoms with Crippen molar-refractivity contribution in [1.29, 1.82) is 0 Å². The molecule has 0 aromatic rings. The quantitative estimate of drug-likeness (QED) is 0.223. The molecule has 1 unspecified atom stereocenters. The van der Waals surface area contributed by atoms with Gasteiger partial charge in [0.15, 0.2) is 6.29 Å². The van der Waals surface area contributed by atoms with Gasteiger partial charge in [0.1, 0.15) is 0 Å². The predicted octanol–water partition coefficient (Wildman–Crippen LogP) is -2.01. The first-order chi connectivity index (χ1) is 6.77. The average molecular weight is 309 g/mol. The van der Waals surface area contributed by atoms with Crippen molar-refractivity contribution in [3.8, 4) is 0 Å². The van der Waals surface area contributed by atoms with E-state index in [1.165, 1.54) is 0 Å². The first-order valence-electron chi connectivity index (χ1n) is 3.43. The van der Waals surface area contributed by atoms with Crippen LogP contribution in [0.3, 0.4) is 0 Å². The van der Waals surface area contributed by atoms with E-state index in [9.17, 15) is 0 Å². The Bertz CT molecular complexity index is 285. The molecule has 0 bridgehead atoms.